The minimum Gasteiger partial charge on any atom is -0.339 e. The minimum atomic E-state index is -1.13. The van der Waals surface area contributed by atoms with Gasteiger partial charge in [0.1, 0.15) is 5.67 Å². The molecule has 0 spiro atoms. The predicted molar refractivity (Wildman–Crippen MR) is 149 cm³/mol. The first-order valence-corrected chi connectivity index (χ1v) is 15.3. The molecule has 7 fully saturated rings. The number of hydrogen-bond donors (Lipinski definition) is 0. The van der Waals surface area contributed by atoms with Gasteiger partial charge in [0.05, 0.1) is 5.41 Å². The third-order valence-corrected chi connectivity index (χ3v) is 11.3. The summed E-state index contributed by atoms with van der Waals surface area (Å²) in [6.07, 6.45) is 9.14. The number of alkyl halides is 1. The second kappa shape index (κ2) is 8.26. The number of amides is 1. The van der Waals surface area contributed by atoms with E-state index in [1.165, 1.54) is 0 Å². The zero-order chi connectivity index (χ0) is 28.3. The molecule has 4 bridgehead atoms. The fraction of sp³-hybridized carbons (Fsp3) is 0.656. The van der Waals surface area contributed by atoms with E-state index in [4.69, 9.17) is 19.0 Å². The van der Waals surface area contributed by atoms with Crippen molar-refractivity contribution in [3.8, 4) is 11.4 Å². The molecule has 1 amide bonds. The summed E-state index contributed by atoms with van der Waals surface area (Å²) in [7, 11) is 0. The van der Waals surface area contributed by atoms with Crippen molar-refractivity contribution in [3.63, 3.8) is 0 Å². The molecular formula is C32H38FN5O3. The van der Waals surface area contributed by atoms with Crippen molar-refractivity contribution in [1.29, 1.82) is 0 Å². The number of fused-ring (bicyclic) bond motifs is 3. The summed E-state index contributed by atoms with van der Waals surface area (Å²) in [4.78, 5) is 25.7. The molecule has 0 saturated heterocycles. The number of aromatic nitrogens is 4. The van der Waals surface area contributed by atoms with E-state index in [1.54, 1.807) is 0 Å². The molecule has 0 atom stereocenters. The Morgan fingerprint density at radius 1 is 0.951 bits per heavy atom. The van der Waals surface area contributed by atoms with Gasteiger partial charge in [-0.3, -0.25) is 4.79 Å². The molecule has 0 radical (unpaired) electrons. The van der Waals surface area contributed by atoms with Gasteiger partial charge in [0, 0.05) is 34.5 Å². The fourth-order valence-electron chi connectivity index (χ4n) is 8.10. The lowest BCUT2D eigenvalue weighted by molar-refractivity contribution is -0.211. The number of halogens is 1. The molecule has 41 heavy (non-hydrogen) atoms. The Labute approximate surface area is 239 Å². The van der Waals surface area contributed by atoms with Crippen molar-refractivity contribution in [2.75, 3.05) is 11.4 Å². The van der Waals surface area contributed by atoms with Crippen LogP contribution < -0.4 is 4.90 Å². The molecular weight excluding hydrogens is 521 g/mol. The molecule has 10 rings (SSSR count). The number of rotatable bonds is 8. The van der Waals surface area contributed by atoms with Crippen molar-refractivity contribution < 1.29 is 18.2 Å². The third-order valence-electron chi connectivity index (χ3n) is 11.3. The van der Waals surface area contributed by atoms with Gasteiger partial charge < -0.3 is 13.9 Å². The quantitative estimate of drug-likeness (QED) is 0.299. The second-order valence-corrected chi connectivity index (χ2v) is 14.8. The lowest BCUT2D eigenvalue weighted by Crippen LogP contribution is -2.71. The third kappa shape index (κ3) is 3.86. The van der Waals surface area contributed by atoms with Crippen molar-refractivity contribution in [3.05, 3.63) is 41.9 Å². The van der Waals surface area contributed by atoms with Crippen LogP contribution in [0.5, 0.6) is 0 Å². The summed E-state index contributed by atoms with van der Waals surface area (Å²) in [5.74, 6) is 3.11. The average Bonchev–Trinajstić information content (AvgIpc) is 3.35. The molecule has 7 aliphatic carbocycles. The van der Waals surface area contributed by atoms with E-state index < -0.39 is 11.1 Å². The lowest BCUT2D eigenvalue weighted by Gasteiger charge is -2.65. The number of carbonyl (C=O) groups is 1. The Hall–Kier alpha value is -3.10. The van der Waals surface area contributed by atoms with Gasteiger partial charge >= 0.3 is 0 Å². The summed E-state index contributed by atoms with van der Waals surface area (Å²) in [5.41, 5.74) is -0.0542. The van der Waals surface area contributed by atoms with E-state index >= 15 is 0 Å². The standard InChI is InChI=1S/C32H38FN5O3/c1-20(2)23-34-26(41-36-23)30-12-9-29(10-13-30,11-14-30)19-38(27(39)31-16-32(33,17-31)18-31)22-6-4-5-21(15-22)24-35-25(40-37-24)28(3)7-8-28/h4-6,15,20H,7-14,16-19H2,1-3H3. The average molecular weight is 560 g/mol. The SMILES string of the molecule is CC(C)c1noc(C23CCC(CN(C(=O)C45CC(F)(C4)C5)c4cccc(-c5noc(C6(C)CC6)n5)c4)(CC2)CC3)n1. The van der Waals surface area contributed by atoms with Crippen LogP contribution in [-0.2, 0) is 15.6 Å². The minimum absolute atomic E-state index is 0.00867. The van der Waals surface area contributed by atoms with Gasteiger partial charge in [0.15, 0.2) is 5.82 Å². The van der Waals surface area contributed by atoms with Gasteiger partial charge in [-0.05, 0) is 88.2 Å². The Balaban J connectivity index is 1.07. The fourth-order valence-corrected chi connectivity index (χ4v) is 8.10. The van der Waals surface area contributed by atoms with E-state index in [0.717, 1.165) is 74.3 Å². The van der Waals surface area contributed by atoms with Crippen LogP contribution in [0.15, 0.2) is 33.3 Å². The van der Waals surface area contributed by atoms with Gasteiger partial charge in [0.2, 0.25) is 23.5 Å². The van der Waals surface area contributed by atoms with Crippen molar-refractivity contribution >= 4 is 11.6 Å². The summed E-state index contributed by atoms with van der Waals surface area (Å²) in [6, 6.07) is 7.94. The first kappa shape index (κ1) is 25.6. The topological polar surface area (TPSA) is 98.2 Å². The monoisotopic (exact) mass is 559 g/mol. The summed E-state index contributed by atoms with van der Waals surface area (Å²) >= 11 is 0. The molecule has 8 nitrogen and oxygen atoms in total. The van der Waals surface area contributed by atoms with Crippen molar-refractivity contribution in [2.24, 2.45) is 10.8 Å². The van der Waals surface area contributed by atoms with Gasteiger partial charge in [0.25, 0.3) is 0 Å². The van der Waals surface area contributed by atoms with Gasteiger partial charge in [-0.15, -0.1) is 0 Å². The molecule has 7 aliphatic rings. The summed E-state index contributed by atoms with van der Waals surface area (Å²) in [6.45, 7) is 6.96. The highest BCUT2D eigenvalue weighted by molar-refractivity contribution is 6.00. The number of carbonyl (C=O) groups excluding carboxylic acids is 1. The second-order valence-electron chi connectivity index (χ2n) is 14.8. The Kier molecular flexibility index (Phi) is 5.15. The van der Waals surface area contributed by atoms with E-state index in [9.17, 15) is 9.18 Å². The zero-order valence-corrected chi connectivity index (χ0v) is 24.2. The van der Waals surface area contributed by atoms with Crippen molar-refractivity contribution in [1.82, 2.24) is 20.3 Å². The smallest absolute Gasteiger partial charge is 0.233 e. The molecule has 0 N–H and O–H groups in total. The summed E-state index contributed by atoms with van der Waals surface area (Å²) in [5, 5.41) is 8.52. The number of benzene rings is 1. The highest BCUT2D eigenvalue weighted by Gasteiger charge is 2.73. The molecule has 0 unspecified atom stereocenters. The Morgan fingerprint density at radius 2 is 1.63 bits per heavy atom. The predicted octanol–water partition coefficient (Wildman–Crippen LogP) is 6.81. The van der Waals surface area contributed by atoms with Crippen LogP contribution in [0, 0.1) is 10.8 Å². The van der Waals surface area contributed by atoms with Gasteiger partial charge in [-0.1, -0.05) is 43.2 Å². The van der Waals surface area contributed by atoms with Crippen molar-refractivity contribution in [2.45, 2.75) is 114 Å². The molecule has 3 aromatic rings. The van der Waals surface area contributed by atoms with Gasteiger partial charge in [-0.2, -0.15) is 9.97 Å². The highest BCUT2D eigenvalue weighted by Crippen LogP contribution is 2.70. The Bertz CT molecular complexity index is 1490. The number of hydrogen-bond acceptors (Lipinski definition) is 7. The van der Waals surface area contributed by atoms with Crippen LogP contribution in [0.1, 0.15) is 115 Å². The molecule has 2 aromatic heterocycles. The number of nitrogens with zero attached hydrogens (tertiary/aromatic N) is 5. The van der Waals surface area contributed by atoms with Crippen LogP contribution >= 0.6 is 0 Å². The molecule has 216 valence electrons. The molecule has 7 saturated carbocycles. The largest absolute Gasteiger partial charge is 0.339 e. The van der Waals surface area contributed by atoms with E-state index in [-0.39, 0.29) is 28.1 Å². The first-order chi connectivity index (χ1) is 19.5. The molecule has 2 heterocycles. The molecule has 0 aliphatic heterocycles. The maximum atomic E-state index is 14.6. The maximum Gasteiger partial charge on any atom is 0.233 e. The highest BCUT2D eigenvalue weighted by atomic mass is 19.1. The van der Waals surface area contributed by atoms with E-state index in [2.05, 4.69) is 31.1 Å². The maximum absolute atomic E-state index is 14.6. The van der Waals surface area contributed by atoms with Crippen LogP contribution in [0.2, 0.25) is 0 Å². The lowest BCUT2D eigenvalue weighted by atomic mass is 9.41. The van der Waals surface area contributed by atoms with Crippen LogP contribution in [-0.4, -0.2) is 38.4 Å². The Morgan fingerprint density at radius 3 is 2.24 bits per heavy atom. The van der Waals surface area contributed by atoms with Crippen LogP contribution in [0.3, 0.4) is 0 Å². The van der Waals surface area contributed by atoms with E-state index in [0.29, 0.717) is 37.5 Å². The van der Waals surface area contributed by atoms with E-state index in [1.807, 2.05) is 29.2 Å². The summed E-state index contributed by atoms with van der Waals surface area (Å²) < 4.78 is 26.0. The molecule has 1 aromatic carbocycles. The normalized spacial score (nSPS) is 34.3. The first-order valence-electron chi connectivity index (χ1n) is 15.3. The number of anilines is 1. The molecule has 9 heteroatoms. The zero-order valence-electron chi connectivity index (χ0n) is 24.2. The van der Waals surface area contributed by atoms with Crippen LogP contribution in [0.4, 0.5) is 10.1 Å². The van der Waals surface area contributed by atoms with Crippen LogP contribution in [0.25, 0.3) is 11.4 Å². The van der Waals surface area contributed by atoms with Gasteiger partial charge in [-0.25, -0.2) is 4.39 Å².